The molecule has 0 aromatic heterocycles. The maximum atomic E-state index is 6.52. The zero-order chi connectivity index (χ0) is 20.3. The van der Waals surface area contributed by atoms with E-state index in [4.69, 9.17) is 25.8 Å². The number of hydrogen-bond acceptors (Lipinski definition) is 5. The van der Waals surface area contributed by atoms with E-state index in [0.29, 0.717) is 30.5 Å². The molecule has 158 valence electrons. The quantitative estimate of drug-likeness (QED) is 0.556. The van der Waals surface area contributed by atoms with Gasteiger partial charge < -0.3 is 19.5 Å². The summed E-state index contributed by atoms with van der Waals surface area (Å²) in [6, 6.07) is 13.9. The molecule has 3 rings (SSSR count). The summed E-state index contributed by atoms with van der Waals surface area (Å²) in [6.45, 7) is 9.56. The number of halogens is 1. The highest BCUT2D eigenvalue weighted by Gasteiger charge is 2.12. The van der Waals surface area contributed by atoms with Gasteiger partial charge in [0.1, 0.15) is 6.61 Å². The Balaban J connectivity index is 1.51. The minimum Gasteiger partial charge on any atom is -0.490 e. The van der Waals surface area contributed by atoms with Crippen LogP contribution in [0.3, 0.4) is 0 Å². The maximum absolute atomic E-state index is 6.52. The third kappa shape index (κ3) is 7.19. The van der Waals surface area contributed by atoms with Crippen molar-refractivity contribution in [1.29, 1.82) is 0 Å². The van der Waals surface area contributed by atoms with Gasteiger partial charge in [0.2, 0.25) is 0 Å². The number of nitrogens with zero attached hydrogens (tertiary/aromatic N) is 1. The monoisotopic (exact) mass is 418 g/mol. The van der Waals surface area contributed by atoms with Crippen molar-refractivity contribution in [2.24, 2.45) is 0 Å². The van der Waals surface area contributed by atoms with Crippen LogP contribution in [0.5, 0.6) is 11.5 Å². The largest absolute Gasteiger partial charge is 0.490 e. The first-order valence-corrected chi connectivity index (χ1v) is 10.8. The summed E-state index contributed by atoms with van der Waals surface area (Å²) in [6.07, 6.45) is 1.11. The lowest BCUT2D eigenvalue weighted by Crippen LogP contribution is -2.37. The first-order chi connectivity index (χ1) is 14.3. The molecule has 1 N–H and O–H groups in total. The molecular weight excluding hydrogens is 388 g/mol. The molecule has 0 bridgehead atoms. The van der Waals surface area contributed by atoms with Gasteiger partial charge in [-0.05, 0) is 43.6 Å². The van der Waals surface area contributed by atoms with Crippen LogP contribution in [0.2, 0.25) is 5.02 Å². The van der Waals surface area contributed by atoms with E-state index in [-0.39, 0.29) is 0 Å². The predicted octanol–water partition coefficient (Wildman–Crippen LogP) is 4.13. The summed E-state index contributed by atoms with van der Waals surface area (Å²) in [5.74, 6) is 1.41. The molecule has 29 heavy (non-hydrogen) atoms. The maximum Gasteiger partial charge on any atom is 0.163 e. The number of nitrogens with one attached hydrogen (secondary N) is 1. The number of hydrogen-bond donors (Lipinski definition) is 1. The highest BCUT2D eigenvalue weighted by molar-refractivity contribution is 6.31. The average Bonchev–Trinajstić information content (AvgIpc) is 2.76. The van der Waals surface area contributed by atoms with Crippen LogP contribution in [0.25, 0.3) is 0 Å². The molecule has 0 radical (unpaired) electrons. The number of benzene rings is 2. The van der Waals surface area contributed by atoms with E-state index in [9.17, 15) is 0 Å². The Labute approximate surface area is 178 Å². The fourth-order valence-corrected chi connectivity index (χ4v) is 3.53. The third-order valence-corrected chi connectivity index (χ3v) is 5.25. The molecule has 1 aliphatic rings. The Morgan fingerprint density at radius 2 is 1.83 bits per heavy atom. The van der Waals surface area contributed by atoms with Crippen molar-refractivity contribution in [1.82, 2.24) is 10.2 Å². The van der Waals surface area contributed by atoms with Gasteiger partial charge in [-0.1, -0.05) is 41.9 Å². The fraction of sp³-hybridized carbons (Fsp3) is 0.478. The highest BCUT2D eigenvalue weighted by atomic mass is 35.5. The lowest BCUT2D eigenvalue weighted by atomic mass is 10.2. The van der Waals surface area contributed by atoms with Crippen molar-refractivity contribution in [3.8, 4) is 11.5 Å². The molecule has 1 heterocycles. The molecule has 1 fully saturated rings. The Morgan fingerprint density at radius 3 is 2.59 bits per heavy atom. The smallest absolute Gasteiger partial charge is 0.163 e. The molecule has 2 aromatic carbocycles. The van der Waals surface area contributed by atoms with Crippen molar-refractivity contribution < 1.29 is 14.2 Å². The minimum absolute atomic E-state index is 0.483. The minimum atomic E-state index is 0.483. The van der Waals surface area contributed by atoms with Crippen molar-refractivity contribution in [2.45, 2.75) is 26.5 Å². The standard InChI is InChI=1S/C23H31ClN2O3/c1-2-28-22-15-20(17-25-9-6-10-26-11-13-27-14-12-26)21(24)16-23(22)29-18-19-7-4-3-5-8-19/h3-5,7-8,15-16,25H,2,6,9-14,17-18H2,1H3. The van der Waals surface area contributed by atoms with Gasteiger partial charge in [0.05, 0.1) is 19.8 Å². The number of ether oxygens (including phenoxy) is 3. The van der Waals surface area contributed by atoms with Crippen LogP contribution in [0.15, 0.2) is 42.5 Å². The van der Waals surface area contributed by atoms with Crippen molar-refractivity contribution in [3.05, 3.63) is 58.6 Å². The third-order valence-electron chi connectivity index (χ3n) is 4.90. The van der Waals surface area contributed by atoms with E-state index in [1.807, 2.05) is 49.4 Å². The van der Waals surface area contributed by atoms with Crippen molar-refractivity contribution in [3.63, 3.8) is 0 Å². The summed E-state index contributed by atoms with van der Waals surface area (Å²) in [7, 11) is 0. The topological polar surface area (TPSA) is 43.0 Å². The first kappa shape index (κ1) is 21.9. The Hall–Kier alpha value is -1.79. The predicted molar refractivity (Wildman–Crippen MR) is 117 cm³/mol. The molecule has 0 unspecified atom stereocenters. The molecule has 0 atom stereocenters. The molecule has 1 aliphatic heterocycles. The first-order valence-electron chi connectivity index (χ1n) is 10.4. The van der Waals surface area contributed by atoms with Gasteiger partial charge >= 0.3 is 0 Å². The van der Waals surface area contributed by atoms with Gasteiger partial charge in [0, 0.05) is 30.7 Å². The molecule has 2 aromatic rings. The lowest BCUT2D eigenvalue weighted by molar-refractivity contribution is 0.0374. The number of rotatable bonds is 11. The van der Waals surface area contributed by atoms with Crippen LogP contribution < -0.4 is 14.8 Å². The van der Waals surface area contributed by atoms with E-state index in [1.165, 1.54) is 0 Å². The Morgan fingerprint density at radius 1 is 1.07 bits per heavy atom. The summed E-state index contributed by atoms with van der Waals surface area (Å²) < 4.78 is 17.2. The molecule has 0 aliphatic carbocycles. The average molecular weight is 419 g/mol. The van der Waals surface area contributed by atoms with Gasteiger partial charge in [0.15, 0.2) is 11.5 Å². The van der Waals surface area contributed by atoms with E-state index in [0.717, 1.165) is 62.7 Å². The summed E-state index contributed by atoms with van der Waals surface area (Å²) in [4.78, 5) is 2.45. The molecule has 0 spiro atoms. The van der Waals surface area contributed by atoms with E-state index >= 15 is 0 Å². The summed E-state index contributed by atoms with van der Waals surface area (Å²) >= 11 is 6.52. The SMILES string of the molecule is CCOc1cc(CNCCCN2CCOCC2)c(Cl)cc1OCc1ccccc1. The zero-order valence-corrected chi connectivity index (χ0v) is 17.9. The summed E-state index contributed by atoms with van der Waals surface area (Å²) in [5.41, 5.74) is 2.13. The van der Waals surface area contributed by atoms with Crippen molar-refractivity contribution >= 4 is 11.6 Å². The van der Waals surface area contributed by atoms with Gasteiger partial charge in [-0.2, -0.15) is 0 Å². The number of morpholine rings is 1. The van der Waals surface area contributed by atoms with E-state index in [1.54, 1.807) is 0 Å². The van der Waals surface area contributed by atoms with Crippen LogP contribution in [0.4, 0.5) is 0 Å². The Bertz CT molecular complexity index is 736. The highest BCUT2D eigenvalue weighted by Crippen LogP contribution is 2.34. The molecule has 6 heteroatoms. The second-order valence-corrected chi connectivity index (χ2v) is 7.49. The summed E-state index contributed by atoms with van der Waals surface area (Å²) in [5, 5.41) is 4.18. The fourth-order valence-electron chi connectivity index (χ4n) is 3.30. The van der Waals surface area contributed by atoms with Crippen LogP contribution >= 0.6 is 11.6 Å². The van der Waals surface area contributed by atoms with Gasteiger partial charge in [-0.3, -0.25) is 4.90 Å². The molecule has 1 saturated heterocycles. The van der Waals surface area contributed by atoms with Gasteiger partial charge in [-0.25, -0.2) is 0 Å². The van der Waals surface area contributed by atoms with Crippen molar-refractivity contribution in [2.75, 3.05) is 46.0 Å². The van der Waals surface area contributed by atoms with Gasteiger partial charge in [0.25, 0.3) is 0 Å². The van der Waals surface area contributed by atoms with Crippen LogP contribution in [-0.4, -0.2) is 50.9 Å². The normalized spacial score (nSPS) is 14.7. The van der Waals surface area contributed by atoms with Crippen LogP contribution in [0.1, 0.15) is 24.5 Å². The van der Waals surface area contributed by atoms with Crippen LogP contribution in [-0.2, 0) is 17.9 Å². The van der Waals surface area contributed by atoms with Gasteiger partial charge in [-0.15, -0.1) is 0 Å². The zero-order valence-electron chi connectivity index (χ0n) is 17.2. The molecule has 5 nitrogen and oxygen atoms in total. The van der Waals surface area contributed by atoms with E-state index in [2.05, 4.69) is 10.2 Å². The Kier molecular flexibility index (Phi) is 9.09. The second-order valence-electron chi connectivity index (χ2n) is 7.08. The molecule has 0 saturated carbocycles. The molecular formula is C23H31ClN2O3. The second kappa shape index (κ2) is 12.0. The van der Waals surface area contributed by atoms with Crippen LogP contribution in [0, 0.1) is 0 Å². The molecule has 0 amide bonds. The van der Waals surface area contributed by atoms with E-state index < -0.39 is 0 Å². The lowest BCUT2D eigenvalue weighted by Gasteiger charge is -2.26.